The Labute approximate surface area is 78.1 Å². The molecular weight excluding hydrogens is 164 g/mol. The second-order valence-corrected chi connectivity index (χ2v) is 4.13. The quantitative estimate of drug-likeness (QED) is 0.726. The molecule has 4 heteroatoms. The topological polar surface area (TPSA) is 56.7 Å². The summed E-state index contributed by atoms with van der Waals surface area (Å²) in [5, 5.41) is 7.96. The summed E-state index contributed by atoms with van der Waals surface area (Å²) in [4.78, 5) is 0. The molecule has 1 aromatic rings. The molecule has 2 N–H and O–H groups in total. The van der Waals surface area contributed by atoms with Crippen LogP contribution in [0.4, 0.5) is 0 Å². The van der Waals surface area contributed by atoms with Crippen molar-refractivity contribution in [2.45, 2.75) is 37.6 Å². The van der Waals surface area contributed by atoms with Crippen LogP contribution in [0.3, 0.4) is 0 Å². The van der Waals surface area contributed by atoms with Crippen molar-refractivity contribution in [3.05, 3.63) is 11.9 Å². The van der Waals surface area contributed by atoms with E-state index in [2.05, 4.69) is 10.3 Å². The molecule has 1 fully saturated rings. The summed E-state index contributed by atoms with van der Waals surface area (Å²) in [6, 6.07) is 0. The summed E-state index contributed by atoms with van der Waals surface area (Å²) in [5.74, 6) is 0. The minimum absolute atomic E-state index is 0.00394. The fraction of sp³-hybridized carbons (Fsp3) is 0.778. The van der Waals surface area contributed by atoms with Crippen molar-refractivity contribution < 1.29 is 0 Å². The van der Waals surface area contributed by atoms with Gasteiger partial charge in [-0.3, -0.25) is 4.68 Å². The van der Waals surface area contributed by atoms with E-state index >= 15 is 0 Å². The molecule has 0 unspecified atom stereocenters. The van der Waals surface area contributed by atoms with Gasteiger partial charge in [0.1, 0.15) is 0 Å². The van der Waals surface area contributed by atoms with Gasteiger partial charge in [-0.1, -0.05) is 18.1 Å². The molecule has 2 rings (SSSR count). The highest BCUT2D eigenvalue weighted by Crippen LogP contribution is 2.29. The molecule has 0 aliphatic heterocycles. The van der Waals surface area contributed by atoms with Crippen LogP contribution in [0.2, 0.25) is 0 Å². The summed E-state index contributed by atoms with van der Waals surface area (Å²) < 4.78 is 1.73. The SMILES string of the molecule is Cn1cc(CC2(N)CCCC2)nn1. The zero-order chi connectivity index (χ0) is 9.31. The Balaban J connectivity index is 2.04. The average molecular weight is 180 g/mol. The number of hydrogen-bond donors (Lipinski definition) is 1. The van der Waals surface area contributed by atoms with Crippen LogP contribution in [0.1, 0.15) is 31.4 Å². The largest absolute Gasteiger partial charge is 0.325 e. The fourth-order valence-corrected chi connectivity index (χ4v) is 2.09. The minimum atomic E-state index is -0.00394. The number of nitrogens with two attached hydrogens (primary N) is 1. The number of aromatic nitrogens is 3. The third-order valence-electron chi connectivity index (χ3n) is 2.78. The molecule has 1 aliphatic rings. The predicted octanol–water partition coefficient (Wildman–Crippen LogP) is 0.629. The second kappa shape index (κ2) is 3.10. The number of hydrogen-bond acceptors (Lipinski definition) is 3. The Kier molecular flexibility index (Phi) is 2.07. The van der Waals surface area contributed by atoms with Crippen molar-refractivity contribution in [1.82, 2.24) is 15.0 Å². The monoisotopic (exact) mass is 180 g/mol. The van der Waals surface area contributed by atoms with E-state index in [0.717, 1.165) is 25.0 Å². The van der Waals surface area contributed by atoms with Crippen molar-refractivity contribution >= 4 is 0 Å². The number of rotatable bonds is 2. The van der Waals surface area contributed by atoms with E-state index < -0.39 is 0 Å². The first-order chi connectivity index (χ1) is 6.18. The Bertz CT molecular complexity index is 286. The highest BCUT2D eigenvalue weighted by atomic mass is 15.4. The zero-order valence-corrected chi connectivity index (χ0v) is 8.03. The average Bonchev–Trinajstić information content (AvgIpc) is 2.62. The van der Waals surface area contributed by atoms with E-state index in [4.69, 9.17) is 5.73 Å². The molecule has 1 saturated carbocycles. The summed E-state index contributed by atoms with van der Waals surface area (Å²) in [5.41, 5.74) is 7.24. The third-order valence-corrected chi connectivity index (χ3v) is 2.78. The van der Waals surface area contributed by atoms with Crippen LogP contribution in [-0.4, -0.2) is 20.5 Å². The normalized spacial score (nSPS) is 20.8. The summed E-state index contributed by atoms with van der Waals surface area (Å²) in [6.07, 6.45) is 7.61. The van der Waals surface area contributed by atoms with Crippen molar-refractivity contribution in [2.24, 2.45) is 12.8 Å². The van der Waals surface area contributed by atoms with Gasteiger partial charge in [0.15, 0.2) is 0 Å². The molecule has 0 atom stereocenters. The van der Waals surface area contributed by atoms with E-state index in [1.54, 1.807) is 4.68 Å². The number of aryl methyl sites for hydroxylation is 1. The predicted molar refractivity (Wildman–Crippen MR) is 50.1 cm³/mol. The highest BCUT2D eigenvalue weighted by Gasteiger charge is 2.30. The van der Waals surface area contributed by atoms with Gasteiger partial charge in [-0.05, 0) is 12.8 Å². The summed E-state index contributed by atoms with van der Waals surface area (Å²) in [7, 11) is 1.88. The van der Waals surface area contributed by atoms with Gasteiger partial charge >= 0.3 is 0 Å². The van der Waals surface area contributed by atoms with Crippen LogP contribution in [0, 0.1) is 0 Å². The van der Waals surface area contributed by atoms with Gasteiger partial charge < -0.3 is 5.73 Å². The molecule has 0 amide bonds. The van der Waals surface area contributed by atoms with Crippen molar-refractivity contribution in [3.8, 4) is 0 Å². The van der Waals surface area contributed by atoms with Crippen LogP contribution in [0.25, 0.3) is 0 Å². The van der Waals surface area contributed by atoms with Gasteiger partial charge in [0.05, 0.1) is 5.69 Å². The Morgan fingerprint density at radius 3 is 2.77 bits per heavy atom. The first kappa shape index (κ1) is 8.69. The molecule has 0 saturated heterocycles. The van der Waals surface area contributed by atoms with Crippen molar-refractivity contribution in [3.63, 3.8) is 0 Å². The van der Waals surface area contributed by atoms with Crippen LogP contribution in [-0.2, 0) is 13.5 Å². The number of nitrogens with zero attached hydrogens (tertiary/aromatic N) is 3. The molecule has 0 aromatic carbocycles. The van der Waals surface area contributed by atoms with Gasteiger partial charge in [-0.2, -0.15) is 0 Å². The standard InChI is InChI=1S/C9H16N4/c1-13-7-8(11-12-13)6-9(10)4-2-3-5-9/h7H,2-6,10H2,1H3. The van der Waals surface area contributed by atoms with Crippen LogP contribution >= 0.6 is 0 Å². The van der Waals surface area contributed by atoms with E-state index in [1.807, 2.05) is 13.2 Å². The van der Waals surface area contributed by atoms with E-state index in [9.17, 15) is 0 Å². The first-order valence-corrected chi connectivity index (χ1v) is 4.82. The molecule has 13 heavy (non-hydrogen) atoms. The lowest BCUT2D eigenvalue weighted by atomic mass is 9.93. The molecule has 1 aromatic heterocycles. The van der Waals surface area contributed by atoms with Crippen molar-refractivity contribution in [1.29, 1.82) is 0 Å². The van der Waals surface area contributed by atoms with Gasteiger partial charge in [-0.15, -0.1) is 5.10 Å². The summed E-state index contributed by atoms with van der Waals surface area (Å²) in [6.45, 7) is 0. The van der Waals surface area contributed by atoms with Gasteiger partial charge in [0.2, 0.25) is 0 Å². The fourth-order valence-electron chi connectivity index (χ4n) is 2.09. The van der Waals surface area contributed by atoms with Crippen LogP contribution in [0.15, 0.2) is 6.20 Å². The molecular formula is C9H16N4. The molecule has 0 radical (unpaired) electrons. The maximum absolute atomic E-state index is 6.22. The first-order valence-electron chi connectivity index (χ1n) is 4.82. The molecule has 0 spiro atoms. The minimum Gasteiger partial charge on any atom is -0.325 e. The van der Waals surface area contributed by atoms with E-state index in [-0.39, 0.29) is 5.54 Å². The molecule has 72 valence electrons. The third kappa shape index (κ3) is 1.88. The Hall–Kier alpha value is -0.900. The van der Waals surface area contributed by atoms with Gasteiger partial charge in [0.25, 0.3) is 0 Å². The molecule has 0 bridgehead atoms. The van der Waals surface area contributed by atoms with Crippen LogP contribution < -0.4 is 5.73 Å². The molecule has 4 nitrogen and oxygen atoms in total. The lowest BCUT2D eigenvalue weighted by Gasteiger charge is -2.21. The lowest BCUT2D eigenvalue weighted by Crippen LogP contribution is -2.38. The Morgan fingerprint density at radius 1 is 1.54 bits per heavy atom. The van der Waals surface area contributed by atoms with E-state index in [1.165, 1.54) is 12.8 Å². The van der Waals surface area contributed by atoms with Gasteiger partial charge in [0, 0.05) is 25.2 Å². The zero-order valence-electron chi connectivity index (χ0n) is 8.03. The smallest absolute Gasteiger partial charge is 0.0845 e. The maximum Gasteiger partial charge on any atom is 0.0845 e. The van der Waals surface area contributed by atoms with Crippen molar-refractivity contribution in [2.75, 3.05) is 0 Å². The molecule has 1 aliphatic carbocycles. The second-order valence-electron chi connectivity index (χ2n) is 4.13. The summed E-state index contributed by atoms with van der Waals surface area (Å²) >= 11 is 0. The van der Waals surface area contributed by atoms with Crippen LogP contribution in [0.5, 0.6) is 0 Å². The Morgan fingerprint density at radius 2 is 2.23 bits per heavy atom. The van der Waals surface area contributed by atoms with E-state index in [0.29, 0.717) is 0 Å². The maximum atomic E-state index is 6.22. The molecule has 1 heterocycles. The highest BCUT2D eigenvalue weighted by molar-refractivity contribution is 5.03. The lowest BCUT2D eigenvalue weighted by molar-refractivity contribution is 0.431. The van der Waals surface area contributed by atoms with Gasteiger partial charge in [-0.25, -0.2) is 0 Å².